The summed E-state index contributed by atoms with van der Waals surface area (Å²) in [6.07, 6.45) is 0.789. The van der Waals surface area contributed by atoms with Crippen molar-refractivity contribution in [2.75, 3.05) is 7.11 Å². The zero-order valence-corrected chi connectivity index (χ0v) is 12.3. The van der Waals surface area contributed by atoms with Crippen LogP contribution in [-0.2, 0) is 17.7 Å². The Hall–Kier alpha value is -1.88. The highest BCUT2D eigenvalue weighted by Crippen LogP contribution is 2.22. The largest absolute Gasteiger partial charge is 0.478 e. The zero-order chi connectivity index (χ0) is 14.9. The molecule has 0 aliphatic heterocycles. The number of fused-ring (bicyclic) bond motifs is 1. The van der Waals surface area contributed by atoms with Crippen molar-refractivity contribution in [3.8, 4) is 0 Å². The first kappa shape index (κ1) is 14.5. The fraction of sp³-hybridized carbons (Fsp3) is 0.467. The van der Waals surface area contributed by atoms with Gasteiger partial charge in [-0.3, -0.25) is 0 Å². The standard InChI is InChI=1S/C15H20N2O3/c1-5-13-16-11-7-6-10(14(18)19)8-12(11)17(13)9-15(2,3)20-4/h6-8H,5,9H2,1-4H3,(H,18,19). The van der Waals surface area contributed by atoms with E-state index in [1.165, 1.54) is 0 Å². The molecule has 0 fully saturated rings. The summed E-state index contributed by atoms with van der Waals surface area (Å²) in [5, 5.41) is 9.12. The Labute approximate surface area is 118 Å². The van der Waals surface area contributed by atoms with Crippen LogP contribution in [-0.4, -0.2) is 33.3 Å². The lowest BCUT2D eigenvalue weighted by molar-refractivity contribution is 0.00846. The number of nitrogens with zero attached hydrogens (tertiary/aromatic N) is 2. The van der Waals surface area contributed by atoms with Crippen molar-refractivity contribution in [3.05, 3.63) is 29.6 Å². The Morgan fingerprint density at radius 2 is 2.15 bits per heavy atom. The minimum atomic E-state index is -0.927. The molecule has 0 bridgehead atoms. The molecule has 0 saturated carbocycles. The van der Waals surface area contributed by atoms with Crippen LogP contribution >= 0.6 is 0 Å². The predicted octanol–water partition coefficient (Wildman–Crippen LogP) is 2.72. The zero-order valence-electron chi connectivity index (χ0n) is 12.3. The van der Waals surface area contributed by atoms with Crippen molar-refractivity contribution in [3.63, 3.8) is 0 Å². The van der Waals surface area contributed by atoms with Crippen LogP contribution in [0.5, 0.6) is 0 Å². The van der Waals surface area contributed by atoms with Gasteiger partial charge in [-0.15, -0.1) is 0 Å². The van der Waals surface area contributed by atoms with Gasteiger partial charge < -0.3 is 14.4 Å². The number of carboxylic acids is 1. The molecule has 2 aromatic rings. The van der Waals surface area contributed by atoms with Gasteiger partial charge in [0.05, 0.1) is 28.7 Å². The number of aromatic carboxylic acids is 1. The van der Waals surface area contributed by atoms with Gasteiger partial charge >= 0.3 is 5.97 Å². The fourth-order valence-corrected chi connectivity index (χ4v) is 2.20. The number of methoxy groups -OCH3 is 1. The third-order valence-corrected chi connectivity index (χ3v) is 3.48. The molecular weight excluding hydrogens is 256 g/mol. The first-order valence-corrected chi connectivity index (χ1v) is 6.65. The molecule has 0 atom stereocenters. The van der Waals surface area contributed by atoms with E-state index in [2.05, 4.69) is 4.98 Å². The molecule has 108 valence electrons. The molecule has 5 nitrogen and oxygen atoms in total. The summed E-state index contributed by atoms with van der Waals surface area (Å²) in [5.74, 6) is 0.0105. The quantitative estimate of drug-likeness (QED) is 0.912. The van der Waals surface area contributed by atoms with Crippen molar-refractivity contribution in [2.24, 2.45) is 0 Å². The summed E-state index contributed by atoms with van der Waals surface area (Å²) < 4.78 is 7.52. The number of hydrogen-bond acceptors (Lipinski definition) is 3. The summed E-state index contributed by atoms with van der Waals surface area (Å²) in [4.78, 5) is 15.7. The number of imidazole rings is 1. The van der Waals surface area contributed by atoms with E-state index in [1.807, 2.05) is 25.3 Å². The second-order valence-corrected chi connectivity index (χ2v) is 5.44. The third-order valence-electron chi connectivity index (χ3n) is 3.48. The highest BCUT2D eigenvalue weighted by Gasteiger charge is 2.21. The van der Waals surface area contributed by atoms with Gasteiger partial charge in [-0.05, 0) is 32.0 Å². The molecular formula is C15H20N2O3. The van der Waals surface area contributed by atoms with E-state index >= 15 is 0 Å². The number of aryl methyl sites for hydroxylation is 1. The van der Waals surface area contributed by atoms with E-state index in [0.29, 0.717) is 6.54 Å². The Morgan fingerprint density at radius 1 is 1.45 bits per heavy atom. The van der Waals surface area contributed by atoms with Crippen molar-refractivity contribution >= 4 is 17.0 Å². The first-order chi connectivity index (χ1) is 9.38. The predicted molar refractivity (Wildman–Crippen MR) is 77.2 cm³/mol. The average molecular weight is 276 g/mol. The maximum Gasteiger partial charge on any atom is 0.335 e. The lowest BCUT2D eigenvalue weighted by Crippen LogP contribution is -2.29. The number of aromatic nitrogens is 2. The van der Waals surface area contributed by atoms with Gasteiger partial charge in [0.15, 0.2) is 0 Å². The van der Waals surface area contributed by atoms with E-state index in [1.54, 1.807) is 25.3 Å². The van der Waals surface area contributed by atoms with E-state index in [4.69, 9.17) is 9.84 Å². The van der Waals surface area contributed by atoms with Crippen molar-refractivity contribution in [1.29, 1.82) is 0 Å². The summed E-state index contributed by atoms with van der Waals surface area (Å²) in [6, 6.07) is 5.02. The molecule has 1 aromatic carbocycles. The molecule has 0 amide bonds. The van der Waals surface area contributed by atoms with E-state index in [0.717, 1.165) is 23.3 Å². The number of hydrogen-bond donors (Lipinski definition) is 1. The molecule has 0 saturated heterocycles. The Kier molecular flexibility index (Phi) is 3.81. The lowest BCUT2D eigenvalue weighted by atomic mass is 10.1. The van der Waals surface area contributed by atoms with Crippen LogP contribution in [0.25, 0.3) is 11.0 Å². The number of benzene rings is 1. The Morgan fingerprint density at radius 3 is 2.70 bits per heavy atom. The van der Waals surface area contributed by atoms with Gasteiger partial charge in [0.1, 0.15) is 5.82 Å². The number of carbonyl (C=O) groups is 1. The fourth-order valence-electron chi connectivity index (χ4n) is 2.20. The number of carboxylic acid groups (broad SMARTS) is 1. The van der Waals surface area contributed by atoms with Crippen LogP contribution in [0.2, 0.25) is 0 Å². The van der Waals surface area contributed by atoms with E-state index in [-0.39, 0.29) is 11.2 Å². The van der Waals surface area contributed by atoms with Gasteiger partial charge in [0.2, 0.25) is 0 Å². The topological polar surface area (TPSA) is 64.3 Å². The second-order valence-electron chi connectivity index (χ2n) is 5.44. The van der Waals surface area contributed by atoms with Crippen molar-refractivity contribution in [1.82, 2.24) is 9.55 Å². The Balaban J connectivity index is 2.59. The molecule has 0 unspecified atom stereocenters. The molecule has 0 aliphatic carbocycles. The average Bonchev–Trinajstić information content (AvgIpc) is 2.75. The van der Waals surface area contributed by atoms with Crippen molar-refractivity contribution in [2.45, 2.75) is 39.3 Å². The maximum absolute atomic E-state index is 11.1. The summed E-state index contributed by atoms with van der Waals surface area (Å²) in [7, 11) is 1.67. The minimum absolute atomic E-state index is 0.275. The maximum atomic E-state index is 11.1. The SMILES string of the molecule is CCc1nc2ccc(C(=O)O)cc2n1CC(C)(C)OC. The molecule has 1 N–H and O–H groups in total. The second kappa shape index (κ2) is 5.25. The smallest absolute Gasteiger partial charge is 0.335 e. The van der Waals surface area contributed by atoms with Crippen LogP contribution in [0.15, 0.2) is 18.2 Å². The molecule has 0 radical (unpaired) electrons. The van der Waals surface area contributed by atoms with E-state index in [9.17, 15) is 4.79 Å². The third kappa shape index (κ3) is 2.67. The number of rotatable bonds is 5. The highest BCUT2D eigenvalue weighted by molar-refractivity contribution is 5.92. The summed E-state index contributed by atoms with van der Waals surface area (Å²) >= 11 is 0. The van der Waals surface area contributed by atoms with Gasteiger partial charge in [-0.25, -0.2) is 9.78 Å². The Bertz CT molecular complexity index is 644. The van der Waals surface area contributed by atoms with Crippen LogP contribution in [0.3, 0.4) is 0 Å². The molecule has 1 heterocycles. The van der Waals surface area contributed by atoms with Gasteiger partial charge in [-0.1, -0.05) is 6.92 Å². The van der Waals surface area contributed by atoms with Crippen molar-refractivity contribution < 1.29 is 14.6 Å². The first-order valence-electron chi connectivity index (χ1n) is 6.65. The number of ether oxygens (including phenoxy) is 1. The van der Waals surface area contributed by atoms with E-state index < -0.39 is 5.97 Å². The molecule has 5 heteroatoms. The van der Waals surface area contributed by atoms with Crippen LogP contribution in [0.4, 0.5) is 0 Å². The molecule has 20 heavy (non-hydrogen) atoms. The summed E-state index contributed by atoms with van der Waals surface area (Å²) in [6.45, 7) is 6.67. The van der Waals surface area contributed by atoms with Gasteiger partial charge in [0.25, 0.3) is 0 Å². The normalized spacial score (nSPS) is 12.0. The molecule has 2 rings (SSSR count). The lowest BCUT2D eigenvalue weighted by Gasteiger charge is -2.24. The molecule has 0 spiro atoms. The minimum Gasteiger partial charge on any atom is -0.478 e. The molecule has 1 aromatic heterocycles. The van der Waals surface area contributed by atoms with Crippen LogP contribution in [0, 0.1) is 0 Å². The van der Waals surface area contributed by atoms with Gasteiger partial charge in [-0.2, -0.15) is 0 Å². The monoisotopic (exact) mass is 276 g/mol. The van der Waals surface area contributed by atoms with Crippen LogP contribution < -0.4 is 0 Å². The molecule has 0 aliphatic rings. The summed E-state index contributed by atoms with van der Waals surface area (Å²) in [5.41, 5.74) is 1.60. The van der Waals surface area contributed by atoms with Crippen LogP contribution in [0.1, 0.15) is 37.0 Å². The highest BCUT2D eigenvalue weighted by atomic mass is 16.5. The van der Waals surface area contributed by atoms with Gasteiger partial charge in [0, 0.05) is 13.5 Å².